The van der Waals surface area contributed by atoms with Crippen molar-refractivity contribution in [2.24, 2.45) is 11.5 Å². The van der Waals surface area contributed by atoms with Crippen molar-refractivity contribution in [3.8, 4) is 11.5 Å². The molecule has 1 aliphatic rings. The van der Waals surface area contributed by atoms with Gasteiger partial charge in [-0.15, -0.1) is 0 Å². The van der Waals surface area contributed by atoms with Gasteiger partial charge in [0.25, 0.3) is 0 Å². The Bertz CT molecular complexity index is 461. The molecule has 0 aromatic heterocycles. The third-order valence-electron chi connectivity index (χ3n) is 3.59. The average molecular weight is 278 g/mol. The van der Waals surface area contributed by atoms with Crippen molar-refractivity contribution < 1.29 is 14.3 Å². The van der Waals surface area contributed by atoms with E-state index >= 15 is 0 Å². The molecule has 1 amide bonds. The monoisotopic (exact) mass is 278 g/mol. The SMILES string of the molecule is CCCOc1ccc(OC2CCC(N)(C(N)=O)C2)cc1. The quantitative estimate of drug-likeness (QED) is 0.827. The first-order valence-corrected chi connectivity index (χ1v) is 7.02. The van der Waals surface area contributed by atoms with Crippen LogP contribution in [-0.4, -0.2) is 24.2 Å². The van der Waals surface area contributed by atoms with Crippen LogP contribution in [0.25, 0.3) is 0 Å². The number of rotatable bonds is 6. The molecule has 0 spiro atoms. The van der Waals surface area contributed by atoms with Gasteiger partial charge in [-0.25, -0.2) is 0 Å². The molecule has 5 nitrogen and oxygen atoms in total. The van der Waals surface area contributed by atoms with E-state index in [0.29, 0.717) is 19.4 Å². The first-order valence-electron chi connectivity index (χ1n) is 7.02. The van der Waals surface area contributed by atoms with Gasteiger partial charge in [-0.05, 0) is 43.5 Å². The molecular weight excluding hydrogens is 256 g/mol. The Hall–Kier alpha value is -1.75. The summed E-state index contributed by atoms with van der Waals surface area (Å²) in [6.07, 6.45) is 2.70. The summed E-state index contributed by atoms with van der Waals surface area (Å²) in [5, 5.41) is 0. The lowest BCUT2D eigenvalue weighted by Gasteiger charge is -2.20. The van der Waals surface area contributed by atoms with E-state index in [2.05, 4.69) is 6.92 Å². The highest BCUT2D eigenvalue weighted by Gasteiger charge is 2.41. The Morgan fingerprint density at radius 1 is 1.35 bits per heavy atom. The third-order valence-corrected chi connectivity index (χ3v) is 3.59. The Balaban J connectivity index is 1.90. The number of benzene rings is 1. The number of hydrogen-bond acceptors (Lipinski definition) is 4. The fourth-order valence-corrected chi connectivity index (χ4v) is 2.38. The van der Waals surface area contributed by atoms with E-state index in [0.717, 1.165) is 24.3 Å². The van der Waals surface area contributed by atoms with Crippen molar-refractivity contribution in [1.29, 1.82) is 0 Å². The summed E-state index contributed by atoms with van der Waals surface area (Å²) in [7, 11) is 0. The smallest absolute Gasteiger partial charge is 0.237 e. The highest BCUT2D eigenvalue weighted by molar-refractivity contribution is 5.84. The molecule has 110 valence electrons. The second-order valence-corrected chi connectivity index (χ2v) is 5.32. The molecule has 0 radical (unpaired) electrons. The van der Waals surface area contributed by atoms with Crippen LogP contribution in [0.3, 0.4) is 0 Å². The predicted octanol–water partition coefficient (Wildman–Crippen LogP) is 1.59. The molecule has 0 bridgehead atoms. The van der Waals surface area contributed by atoms with Gasteiger partial charge in [0.2, 0.25) is 5.91 Å². The van der Waals surface area contributed by atoms with Gasteiger partial charge in [0.05, 0.1) is 12.1 Å². The number of nitrogens with two attached hydrogens (primary N) is 2. The standard InChI is InChI=1S/C15H22N2O3/c1-2-9-19-11-3-5-12(6-4-11)20-13-7-8-15(17,10-13)14(16)18/h3-6,13H,2,7-10,17H2,1H3,(H2,16,18). The van der Waals surface area contributed by atoms with E-state index in [-0.39, 0.29) is 6.10 Å². The lowest BCUT2D eigenvalue weighted by molar-refractivity contribution is -0.123. The van der Waals surface area contributed by atoms with Crippen LogP contribution in [0.1, 0.15) is 32.6 Å². The number of hydrogen-bond donors (Lipinski definition) is 2. The van der Waals surface area contributed by atoms with E-state index in [4.69, 9.17) is 20.9 Å². The average Bonchev–Trinajstić information content (AvgIpc) is 2.81. The first kappa shape index (κ1) is 14.7. The lowest BCUT2D eigenvalue weighted by Crippen LogP contribution is -2.50. The molecule has 2 rings (SSSR count). The maximum Gasteiger partial charge on any atom is 0.237 e. The summed E-state index contributed by atoms with van der Waals surface area (Å²) in [4.78, 5) is 11.3. The molecule has 1 aromatic rings. The summed E-state index contributed by atoms with van der Waals surface area (Å²) in [6, 6.07) is 7.49. The van der Waals surface area contributed by atoms with Crippen LogP contribution in [-0.2, 0) is 4.79 Å². The fraction of sp³-hybridized carbons (Fsp3) is 0.533. The van der Waals surface area contributed by atoms with Crippen LogP contribution in [0.15, 0.2) is 24.3 Å². The predicted molar refractivity (Wildman–Crippen MR) is 76.6 cm³/mol. The van der Waals surface area contributed by atoms with Gasteiger partial charge in [-0.3, -0.25) is 4.79 Å². The Labute approximate surface area is 119 Å². The van der Waals surface area contributed by atoms with Crippen molar-refractivity contribution in [2.75, 3.05) is 6.61 Å². The van der Waals surface area contributed by atoms with Crippen LogP contribution in [0.5, 0.6) is 11.5 Å². The topological polar surface area (TPSA) is 87.6 Å². The molecule has 5 heteroatoms. The van der Waals surface area contributed by atoms with E-state index in [9.17, 15) is 4.79 Å². The van der Waals surface area contributed by atoms with E-state index in [1.807, 2.05) is 24.3 Å². The van der Waals surface area contributed by atoms with Crippen LogP contribution < -0.4 is 20.9 Å². The fourth-order valence-electron chi connectivity index (χ4n) is 2.38. The molecule has 1 aliphatic carbocycles. The van der Waals surface area contributed by atoms with Crippen LogP contribution in [0, 0.1) is 0 Å². The van der Waals surface area contributed by atoms with Gasteiger partial charge < -0.3 is 20.9 Å². The Morgan fingerprint density at radius 3 is 2.55 bits per heavy atom. The van der Waals surface area contributed by atoms with Gasteiger partial charge in [0, 0.05) is 6.42 Å². The third kappa shape index (κ3) is 3.42. The summed E-state index contributed by atoms with van der Waals surface area (Å²) < 4.78 is 11.3. The highest BCUT2D eigenvalue weighted by Crippen LogP contribution is 2.31. The van der Waals surface area contributed by atoms with E-state index < -0.39 is 11.4 Å². The number of amides is 1. The summed E-state index contributed by atoms with van der Waals surface area (Å²) in [5.74, 6) is 1.13. The number of primary amides is 1. The van der Waals surface area contributed by atoms with E-state index in [1.165, 1.54) is 0 Å². The summed E-state index contributed by atoms with van der Waals surface area (Å²) in [5.41, 5.74) is 10.3. The molecule has 20 heavy (non-hydrogen) atoms. The van der Waals surface area contributed by atoms with Crippen LogP contribution >= 0.6 is 0 Å². The Kier molecular flexibility index (Phi) is 4.49. The molecule has 2 atom stereocenters. The van der Waals surface area contributed by atoms with Crippen molar-refractivity contribution >= 4 is 5.91 Å². The molecule has 1 saturated carbocycles. The molecule has 0 saturated heterocycles. The van der Waals surface area contributed by atoms with Gasteiger partial charge in [0.15, 0.2) is 0 Å². The molecule has 4 N–H and O–H groups in total. The lowest BCUT2D eigenvalue weighted by atomic mass is 9.99. The summed E-state index contributed by atoms with van der Waals surface area (Å²) >= 11 is 0. The normalized spacial score (nSPS) is 25.4. The second kappa shape index (κ2) is 6.13. The molecule has 1 fully saturated rings. The molecule has 0 aliphatic heterocycles. The number of carbonyl (C=O) groups excluding carboxylic acids is 1. The number of ether oxygens (including phenoxy) is 2. The van der Waals surface area contributed by atoms with Gasteiger partial charge in [-0.1, -0.05) is 6.92 Å². The Morgan fingerprint density at radius 2 is 2.00 bits per heavy atom. The second-order valence-electron chi connectivity index (χ2n) is 5.32. The maximum absolute atomic E-state index is 11.3. The zero-order chi connectivity index (χ0) is 14.6. The minimum Gasteiger partial charge on any atom is -0.494 e. The van der Waals surface area contributed by atoms with Crippen LogP contribution in [0.2, 0.25) is 0 Å². The maximum atomic E-state index is 11.3. The van der Waals surface area contributed by atoms with Crippen molar-refractivity contribution in [1.82, 2.24) is 0 Å². The van der Waals surface area contributed by atoms with Gasteiger partial charge in [-0.2, -0.15) is 0 Å². The van der Waals surface area contributed by atoms with E-state index in [1.54, 1.807) is 0 Å². The van der Waals surface area contributed by atoms with Gasteiger partial charge in [0.1, 0.15) is 17.6 Å². The van der Waals surface area contributed by atoms with Crippen molar-refractivity contribution in [2.45, 2.75) is 44.2 Å². The molecule has 0 heterocycles. The van der Waals surface area contributed by atoms with Crippen molar-refractivity contribution in [3.05, 3.63) is 24.3 Å². The van der Waals surface area contributed by atoms with Crippen LogP contribution in [0.4, 0.5) is 0 Å². The zero-order valence-electron chi connectivity index (χ0n) is 11.8. The highest BCUT2D eigenvalue weighted by atomic mass is 16.5. The minimum atomic E-state index is -0.922. The summed E-state index contributed by atoms with van der Waals surface area (Å²) in [6.45, 7) is 2.77. The zero-order valence-corrected chi connectivity index (χ0v) is 11.8. The molecule has 2 unspecified atom stereocenters. The minimum absolute atomic E-state index is 0.0603. The van der Waals surface area contributed by atoms with Gasteiger partial charge >= 0.3 is 0 Å². The molecular formula is C15H22N2O3. The molecule has 1 aromatic carbocycles. The number of carbonyl (C=O) groups is 1. The largest absolute Gasteiger partial charge is 0.494 e. The first-order chi connectivity index (χ1) is 9.53. The van der Waals surface area contributed by atoms with Crippen molar-refractivity contribution in [3.63, 3.8) is 0 Å².